The molecule has 0 spiro atoms. The SMILES string of the molecule is CNC(=O)c1cnn2ccc(C(C)C)cc12. The Bertz CT molecular complexity index is 528. The lowest BCUT2D eigenvalue weighted by Crippen LogP contribution is -2.17. The number of hydrogen-bond donors (Lipinski definition) is 1. The van der Waals surface area contributed by atoms with Crippen molar-refractivity contribution in [2.24, 2.45) is 0 Å². The van der Waals surface area contributed by atoms with Gasteiger partial charge in [-0.3, -0.25) is 4.79 Å². The molecule has 2 aromatic rings. The van der Waals surface area contributed by atoms with Gasteiger partial charge in [0.15, 0.2) is 0 Å². The van der Waals surface area contributed by atoms with Crippen molar-refractivity contribution in [3.63, 3.8) is 0 Å². The highest BCUT2D eigenvalue weighted by Gasteiger charge is 2.11. The van der Waals surface area contributed by atoms with E-state index in [-0.39, 0.29) is 5.91 Å². The molecule has 0 atom stereocenters. The summed E-state index contributed by atoms with van der Waals surface area (Å²) < 4.78 is 1.72. The summed E-state index contributed by atoms with van der Waals surface area (Å²) >= 11 is 0. The Hall–Kier alpha value is -1.84. The van der Waals surface area contributed by atoms with Crippen LogP contribution in [0.25, 0.3) is 5.52 Å². The third kappa shape index (κ3) is 1.66. The number of amides is 1. The lowest BCUT2D eigenvalue weighted by atomic mass is 10.0. The number of aromatic nitrogens is 2. The molecular formula is C12H15N3O. The van der Waals surface area contributed by atoms with Gasteiger partial charge in [0.2, 0.25) is 0 Å². The van der Waals surface area contributed by atoms with E-state index in [1.54, 1.807) is 17.8 Å². The number of pyridine rings is 1. The van der Waals surface area contributed by atoms with Crippen LogP contribution in [0.3, 0.4) is 0 Å². The van der Waals surface area contributed by atoms with E-state index in [9.17, 15) is 4.79 Å². The molecule has 0 bridgehead atoms. The molecule has 0 saturated heterocycles. The van der Waals surface area contributed by atoms with Crippen molar-refractivity contribution < 1.29 is 4.79 Å². The van der Waals surface area contributed by atoms with E-state index in [2.05, 4.69) is 24.3 Å². The van der Waals surface area contributed by atoms with Crippen LogP contribution in [0.15, 0.2) is 24.5 Å². The van der Waals surface area contributed by atoms with Crippen LogP contribution in [0.4, 0.5) is 0 Å². The molecule has 0 aliphatic heterocycles. The summed E-state index contributed by atoms with van der Waals surface area (Å²) in [5.41, 5.74) is 2.67. The van der Waals surface area contributed by atoms with Gasteiger partial charge in [0.05, 0.1) is 17.3 Å². The minimum Gasteiger partial charge on any atom is -0.355 e. The first kappa shape index (κ1) is 10.7. The number of carbonyl (C=O) groups is 1. The Kier molecular flexibility index (Phi) is 2.64. The van der Waals surface area contributed by atoms with E-state index in [1.807, 2.05) is 18.3 Å². The number of rotatable bonds is 2. The van der Waals surface area contributed by atoms with Gasteiger partial charge in [-0.2, -0.15) is 5.10 Å². The zero-order valence-electron chi connectivity index (χ0n) is 9.69. The van der Waals surface area contributed by atoms with Gasteiger partial charge >= 0.3 is 0 Å². The highest BCUT2D eigenvalue weighted by Crippen LogP contribution is 2.18. The summed E-state index contributed by atoms with van der Waals surface area (Å²) in [7, 11) is 1.62. The first-order chi connectivity index (χ1) is 7.63. The molecule has 4 heteroatoms. The third-order valence-electron chi connectivity index (χ3n) is 2.68. The molecule has 0 fully saturated rings. The predicted molar refractivity (Wildman–Crippen MR) is 62.7 cm³/mol. The van der Waals surface area contributed by atoms with Gasteiger partial charge in [-0.25, -0.2) is 4.52 Å². The second kappa shape index (κ2) is 3.96. The number of hydrogen-bond acceptors (Lipinski definition) is 2. The fraction of sp³-hybridized carbons (Fsp3) is 0.333. The molecule has 16 heavy (non-hydrogen) atoms. The van der Waals surface area contributed by atoms with E-state index >= 15 is 0 Å². The number of nitrogens with zero attached hydrogens (tertiary/aromatic N) is 2. The highest BCUT2D eigenvalue weighted by molar-refractivity contribution is 6.00. The maximum absolute atomic E-state index is 11.6. The summed E-state index contributed by atoms with van der Waals surface area (Å²) in [5, 5.41) is 6.76. The molecule has 0 aliphatic carbocycles. The first-order valence-electron chi connectivity index (χ1n) is 5.33. The summed E-state index contributed by atoms with van der Waals surface area (Å²) in [6.07, 6.45) is 3.48. The summed E-state index contributed by atoms with van der Waals surface area (Å²) in [6.45, 7) is 4.25. The molecular weight excluding hydrogens is 202 g/mol. The van der Waals surface area contributed by atoms with E-state index in [4.69, 9.17) is 0 Å². The first-order valence-corrected chi connectivity index (χ1v) is 5.33. The fourth-order valence-electron chi connectivity index (χ4n) is 1.67. The van der Waals surface area contributed by atoms with Crippen LogP contribution < -0.4 is 5.32 Å². The molecule has 0 saturated carbocycles. The lowest BCUT2D eigenvalue weighted by Gasteiger charge is -2.05. The highest BCUT2D eigenvalue weighted by atomic mass is 16.1. The number of nitrogens with one attached hydrogen (secondary N) is 1. The van der Waals surface area contributed by atoms with Crippen LogP contribution in [-0.4, -0.2) is 22.6 Å². The summed E-state index contributed by atoms with van der Waals surface area (Å²) in [4.78, 5) is 11.6. The molecule has 0 radical (unpaired) electrons. The zero-order chi connectivity index (χ0) is 11.7. The molecule has 0 unspecified atom stereocenters. The van der Waals surface area contributed by atoms with E-state index in [0.29, 0.717) is 11.5 Å². The van der Waals surface area contributed by atoms with Gasteiger partial charge in [0.1, 0.15) is 0 Å². The van der Waals surface area contributed by atoms with Gasteiger partial charge in [0, 0.05) is 13.2 Å². The summed E-state index contributed by atoms with van der Waals surface area (Å²) in [5.74, 6) is 0.341. The lowest BCUT2D eigenvalue weighted by molar-refractivity contribution is 0.0964. The standard InChI is InChI=1S/C12H15N3O/c1-8(2)9-4-5-15-11(6-9)10(7-14-15)12(16)13-3/h4-8H,1-3H3,(H,13,16). The van der Waals surface area contributed by atoms with Crippen molar-refractivity contribution >= 4 is 11.4 Å². The van der Waals surface area contributed by atoms with Crippen molar-refractivity contribution in [3.8, 4) is 0 Å². The third-order valence-corrected chi connectivity index (χ3v) is 2.68. The molecule has 2 rings (SSSR count). The molecule has 84 valence electrons. The maximum atomic E-state index is 11.6. The Morgan fingerprint density at radius 1 is 1.50 bits per heavy atom. The quantitative estimate of drug-likeness (QED) is 0.834. The summed E-state index contributed by atoms with van der Waals surface area (Å²) in [6, 6.07) is 4.04. The largest absolute Gasteiger partial charge is 0.355 e. The molecule has 1 N–H and O–H groups in total. The van der Waals surface area contributed by atoms with Crippen LogP contribution in [0.5, 0.6) is 0 Å². The van der Waals surface area contributed by atoms with Crippen molar-refractivity contribution in [1.82, 2.24) is 14.9 Å². The van der Waals surface area contributed by atoms with Crippen molar-refractivity contribution in [1.29, 1.82) is 0 Å². The van der Waals surface area contributed by atoms with E-state index in [1.165, 1.54) is 5.56 Å². The minimum absolute atomic E-state index is 0.101. The predicted octanol–water partition coefficient (Wildman–Crippen LogP) is 1.82. The van der Waals surface area contributed by atoms with Crippen molar-refractivity contribution in [3.05, 3.63) is 35.7 Å². The van der Waals surface area contributed by atoms with Gasteiger partial charge < -0.3 is 5.32 Å². The Labute approximate surface area is 94.3 Å². The monoisotopic (exact) mass is 217 g/mol. The second-order valence-corrected chi connectivity index (χ2v) is 4.08. The normalized spacial score (nSPS) is 11.0. The zero-order valence-corrected chi connectivity index (χ0v) is 9.69. The van der Waals surface area contributed by atoms with Crippen LogP contribution in [0, 0.1) is 0 Å². The van der Waals surface area contributed by atoms with Crippen LogP contribution >= 0.6 is 0 Å². The molecule has 0 aromatic carbocycles. The molecule has 0 aliphatic rings. The molecule has 1 amide bonds. The van der Waals surface area contributed by atoms with Gasteiger partial charge in [-0.05, 0) is 23.6 Å². The molecule has 2 aromatic heterocycles. The topological polar surface area (TPSA) is 46.4 Å². The van der Waals surface area contributed by atoms with Gasteiger partial charge in [-0.15, -0.1) is 0 Å². The maximum Gasteiger partial charge on any atom is 0.254 e. The average molecular weight is 217 g/mol. The smallest absolute Gasteiger partial charge is 0.254 e. The average Bonchev–Trinajstić information content (AvgIpc) is 2.70. The van der Waals surface area contributed by atoms with E-state index < -0.39 is 0 Å². The van der Waals surface area contributed by atoms with Gasteiger partial charge in [-0.1, -0.05) is 13.8 Å². The van der Waals surface area contributed by atoms with Crippen LogP contribution in [-0.2, 0) is 0 Å². The van der Waals surface area contributed by atoms with Crippen molar-refractivity contribution in [2.45, 2.75) is 19.8 Å². The Morgan fingerprint density at radius 3 is 2.88 bits per heavy atom. The van der Waals surface area contributed by atoms with Gasteiger partial charge in [0.25, 0.3) is 5.91 Å². The molecule has 4 nitrogen and oxygen atoms in total. The molecule has 2 heterocycles. The number of fused-ring (bicyclic) bond motifs is 1. The number of carbonyl (C=O) groups excluding carboxylic acids is 1. The Morgan fingerprint density at radius 2 is 2.25 bits per heavy atom. The Balaban J connectivity index is 2.60. The van der Waals surface area contributed by atoms with Crippen LogP contribution in [0.2, 0.25) is 0 Å². The fourth-order valence-corrected chi connectivity index (χ4v) is 1.67. The van der Waals surface area contributed by atoms with Crippen LogP contribution in [0.1, 0.15) is 35.7 Å². The van der Waals surface area contributed by atoms with Crippen molar-refractivity contribution in [2.75, 3.05) is 7.05 Å². The minimum atomic E-state index is -0.101. The van der Waals surface area contributed by atoms with E-state index in [0.717, 1.165) is 5.52 Å². The second-order valence-electron chi connectivity index (χ2n) is 4.08.